The smallest absolute Gasteiger partial charge is 0.231 e. The third-order valence-electron chi connectivity index (χ3n) is 4.27. The van der Waals surface area contributed by atoms with Crippen LogP contribution >= 0.6 is 15.9 Å². The first-order valence-electron chi connectivity index (χ1n) is 7.61. The minimum Gasteiger partial charge on any atom is -0.454 e. The lowest BCUT2D eigenvalue weighted by Gasteiger charge is -2.21. The number of hydrogen-bond acceptors (Lipinski definition) is 3. The van der Waals surface area contributed by atoms with Gasteiger partial charge in [-0.2, -0.15) is 0 Å². The van der Waals surface area contributed by atoms with Crippen LogP contribution in [0.2, 0.25) is 0 Å². The first kappa shape index (κ1) is 14.2. The number of halogens is 1. The summed E-state index contributed by atoms with van der Waals surface area (Å²) in [6, 6.07) is 4.18. The van der Waals surface area contributed by atoms with Crippen LogP contribution in [-0.2, 0) is 6.54 Å². The number of nitrogens with one attached hydrogen (secondary N) is 1. The van der Waals surface area contributed by atoms with Crippen LogP contribution in [0.4, 0.5) is 0 Å². The number of hydrogen-bond donors (Lipinski definition) is 1. The third-order valence-corrected chi connectivity index (χ3v) is 4.86. The summed E-state index contributed by atoms with van der Waals surface area (Å²) < 4.78 is 11.8. The van der Waals surface area contributed by atoms with E-state index >= 15 is 0 Å². The quantitative estimate of drug-likeness (QED) is 0.814. The van der Waals surface area contributed by atoms with Crippen molar-refractivity contribution in [2.75, 3.05) is 13.3 Å². The fourth-order valence-electron chi connectivity index (χ4n) is 3.14. The van der Waals surface area contributed by atoms with Crippen molar-refractivity contribution in [3.63, 3.8) is 0 Å². The van der Waals surface area contributed by atoms with Gasteiger partial charge in [0.2, 0.25) is 6.79 Å². The zero-order chi connectivity index (χ0) is 13.8. The van der Waals surface area contributed by atoms with Crippen molar-refractivity contribution in [2.45, 2.75) is 45.1 Å². The van der Waals surface area contributed by atoms with E-state index in [9.17, 15) is 0 Å². The fraction of sp³-hybridized carbons (Fsp3) is 0.625. The zero-order valence-electron chi connectivity index (χ0n) is 11.8. The minimum atomic E-state index is 0.326. The second kappa shape index (κ2) is 6.81. The first-order valence-corrected chi connectivity index (χ1v) is 8.41. The molecule has 0 aromatic heterocycles. The van der Waals surface area contributed by atoms with Gasteiger partial charge in [-0.05, 0) is 52.5 Å². The second-order valence-electron chi connectivity index (χ2n) is 5.78. The molecule has 0 unspecified atom stereocenters. The van der Waals surface area contributed by atoms with Gasteiger partial charge in [-0.3, -0.25) is 0 Å². The summed E-state index contributed by atoms with van der Waals surface area (Å²) in [5.74, 6) is 2.62. The summed E-state index contributed by atoms with van der Waals surface area (Å²) in [6.45, 7) is 2.32. The number of fused-ring (bicyclic) bond motifs is 1. The minimum absolute atomic E-state index is 0.326. The summed E-state index contributed by atoms with van der Waals surface area (Å²) in [7, 11) is 0. The van der Waals surface area contributed by atoms with Crippen molar-refractivity contribution in [2.24, 2.45) is 5.92 Å². The Hall–Kier alpha value is -0.740. The van der Waals surface area contributed by atoms with Gasteiger partial charge in [0.15, 0.2) is 11.5 Å². The maximum atomic E-state index is 5.44. The molecule has 1 aromatic rings. The van der Waals surface area contributed by atoms with Crippen molar-refractivity contribution >= 4 is 15.9 Å². The summed E-state index contributed by atoms with van der Waals surface area (Å²) >= 11 is 3.54. The molecule has 0 amide bonds. The molecule has 1 aliphatic heterocycles. The molecule has 0 bridgehead atoms. The molecule has 1 fully saturated rings. The number of ether oxygens (including phenoxy) is 2. The van der Waals surface area contributed by atoms with Crippen molar-refractivity contribution < 1.29 is 9.47 Å². The highest BCUT2D eigenvalue weighted by atomic mass is 79.9. The molecule has 20 heavy (non-hydrogen) atoms. The van der Waals surface area contributed by atoms with Crippen LogP contribution in [0.5, 0.6) is 11.5 Å². The molecule has 1 heterocycles. The molecule has 0 spiro atoms. The highest BCUT2D eigenvalue weighted by Gasteiger charge is 2.18. The SMILES string of the molecule is Brc1cc(CNCCC2CCCCC2)cc2c1OCO2. The van der Waals surface area contributed by atoms with E-state index in [1.54, 1.807) is 0 Å². The summed E-state index contributed by atoms with van der Waals surface area (Å²) in [5, 5.41) is 3.55. The molecule has 4 heteroatoms. The Balaban J connectivity index is 1.45. The predicted octanol–water partition coefficient (Wildman–Crippen LogP) is 4.24. The van der Waals surface area contributed by atoms with E-state index in [2.05, 4.69) is 33.4 Å². The van der Waals surface area contributed by atoms with Crippen LogP contribution in [0.1, 0.15) is 44.1 Å². The van der Waals surface area contributed by atoms with Crippen molar-refractivity contribution in [1.82, 2.24) is 5.32 Å². The average Bonchev–Trinajstić information content (AvgIpc) is 2.94. The van der Waals surface area contributed by atoms with E-state index in [0.29, 0.717) is 6.79 Å². The Kier molecular flexibility index (Phi) is 4.84. The number of rotatable bonds is 5. The van der Waals surface area contributed by atoms with Crippen LogP contribution in [0.3, 0.4) is 0 Å². The number of benzene rings is 1. The van der Waals surface area contributed by atoms with Crippen LogP contribution in [0.25, 0.3) is 0 Å². The lowest BCUT2D eigenvalue weighted by Crippen LogP contribution is -2.19. The van der Waals surface area contributed by atoms with Gasteiger partial charge >= 0.3 is 0 Å². The standard InChI is InChI=1S/C16H22BrNO2/c17-14-8-13(9-15-16(14)20-11-19-15)10-18-7-6-12-4-2-1-3-5-12/h8-9,12,18H,1-7,10-11H2. The van der Waals surface area contributed by atoms with Gasteiger partial charge in [0, 0.05) is 6.54 Å². The topological polar surface area (TPSA) is 30.5 Å². The molecule has 1 aliphatic carbocycles. The van der Waals surface area contributed by atoms with E-state index < -0.39 is 0 Å². The highest BCUT2D eigenvalue weighted by molar-refractivity contribution is 9.10. The Morgan fingerprint density at radius 2 is 2.00 bits per heavy atom. The molecule has 0 atom stereocenters. The molecule has 110 valence electrons. The largest absolute Gasteiger partial charge is 0.454 e. The van der Waals surface area contributed by atoms with E-state index in [1.165, 1.54) is 44.1 Å². The normalized spacial score (nSPS) is 18.4. The Labute approximate surface area is 129 Å². The lowest BCUT2D eigenvalue weighted by atomic mass is 9.87. The van der Waals surface area contributed by atoms with Gasteiger partial charge in [-0.1, -0.05) is 32.1 Å². The molecule has 2 aliphatic rings. The molecule has 1 N–H and O–H groups in total. The summed E-state index contributed by atoms with van der Waals surface area (Å²) in [5.41, 5.74) is 1.24. The molecule has 0 radical (unpaired) electrons. The van der Waals surface area contributed by atoms with Crippen molar-refractivity contribution in [3.05, 3.63) is 22.2 Å². The molecule has 0 saturated heterocycles. The van der Waals surface area contributed by atoms with Gasteiger partial charge in [-0.25, -0.2) is 0 Å². The van der Waals surface area contributed by atoms with Gasteiger partial charge in [0.1, 0.15) is 0 Å². The van der Waals surface area contributed by atoms with Crippen LogP contribution < -0.4 is 14.8 Å². The monoisotopic (exact) mass is 339 g/mol. The van der Waals surface area contributed by atoms with E-state index in [4.69, 9.17) is 9.47 Å². The highest BCUT2D eigenvalue weighted by Crippen LogP contribution is 2.39. The van der Waals surface area contributed by atoms with Gasteiger partial charge in [0.05, 0.1) is 4.47 Å². The third kappa shape index (κ3) is 3.47. The Morgan fingerprint density at radius 3 is 2.85 bits per heavy atom. The first-order chi connectivity index (χ1) is 9.83. The summed E-state index contributed by atoms with van der Waals surface area (Å²) in [6.07, 6.45) is 8.47. The van der Waals surface area contributed by atoms with Gasteiger partial charge in [-0.15, -0.1) is 0 Å². The summed E-state index contributed by atoms with van der Waals surface area (Å²) in [4.78, 5) is 0. The molecule has 1 aromatic carbocycles. The van der Waals surface area contributed by atoms with E-state index in [0.717, 1.165) is 35.0 Å². The van der Waals surface area contributed by atoms with Crippen molar-refractivity contribution in [3.8, 4) is 11.5 Å². The maximum Gasteiger partial charge on any atom is 0.231 e. The maximum absolute atomic E-state index is 5.44. The van der Waals surface area contributed by atoms with Crippen molar-refractivity contribution in [1.29, 1.82) is 0 Å². The van der Waals surface area contributed by atoms with Crippen LogP contribution in [-0.4, -0.2) is 13.3 Å². The molecule has 1 saturated carbocycles. The Bertz CT molecular complexity index is 458. The second-order valence-corrected chi connectivity index (χ2v) is 6.64. The van der Waals surface area contributed by atoms with Gasteiger partial charge in [0.25, 0.3) is 0 Å². The van der Waals surface area contributed by atoms with Crippen LogP contribution in [0, 0.1) is 5.92 Å². The zero-order valence-corrected chi connectivity index (χ0v) is 13.4. The van der Waals surface area contributed by atoms with Gasteiger partial charge < -0.3 is 14.8 Å². The molecular weight excluding hydrogens is 318 g/mol. The predicted molar refractivity (Wildman–Crippen MR) is 83.2 cm³/mol. The van der Waals surface area contributed by atoms with E-state index in [1.807, 2.05) is 0 Å². The van der Waals surface area contributed by atoms with Crippen LogP contribution in [0.15, 0.2) is 16.6 Å². The molecular formula is C16H22BrNO2. The van der Waals surface area contributed by atoms with E-state index in [-0.39, 0.29) is 0 Å². The Morgan fingerprint density at radius 1 is 1.15 bits per heavy atom. The molecule has 3 rings (SSSR count). The lowest BCUT2D eigenvalue weighted by molar-refractivity contribution is 0.173. The fourth-order valence-corrected chi connectivity index (χ4v) is 3.74. The molecule has 3 nitrogen and oxygen atoms in total. The average molecular weight is 340 g/mol.